The molecule has 1 fully saturated rings. The summed E-state index contributed by atoms with van der Waals surface area (Å²) in [6, 6.07) is 15.5. The lowest BCUT2D eigenvalue weighted by atomic mass is 10.0. The Morgan fingerprint density at radius 2 is 1.82 bits per heavy atom. The number of amides is 2. The highest BCUT2D eigenvalue weighted by Crippen LogP contribution is 2.37. The van der Waals surface area contributed by atoms with Crippen LogP contribution < -0.4 is 15.4 Å². The van der Waals surface area contributed by atoms with E-state index in [9.17, 15) is 19.8 Å². The second-order valence-electron chi connectivity index (χ2n) is 8.46. The summed E-state index contributed by atoms with van der Waals surface area (Å²) < 4.78 is 5.21. The Labute approximate surface area is 196 Å². The number of anilines is 3. The number of fused-ring (bicyclic) bond motifs is 2. The van der Waals surface area contributed by atoms with Gasteiger partial charge in [0.1, 0.15) is 0 Å². The van der Waals surface area contributed by atoms with Crippen molar-refractivity contribution in [2.24, 2.45) is 0 Å². The first-order valence-electron chi connectivity index (χ1n) is 11.1. The monoisotopic (exact) mass is 459 g/mol. The van der Waals surface area contributed by atoms with Crippen molar-refractivity contribution in [2.75, 3.05) is 30.9 Å². The van der Waals surface area contributed by atoms with Crippen molar-refractivity contribution < 1.29 is 24.5 Å². The topological polar surface area (TPSA) is 111 Å². The highest BCUT2D eigenvalue weighted by molar-refractivity contribution is 6.13. The lowest BCUT2D eigenvalue weighted by Crippen LogP contribution is -2.37. The van der Waals surface area contributed by atoms with Crippen molar-refractivity contribution in [1.29, 1.82) is 0 Å². The van der Waals surface area contributed by atoms with Crippen molar-refractivity contribution in [2.45, 2.75) is 18.9 Å². The van der Waals surface area contributed by atoms with Gasteiger partial charge in [-0.25, -0.2) is 0 Å². The summed E-state index contributed by atoms with van der Waals surface area (Å²) in [5.74, 6) is -0.0202. The van der Waals surface area contributed by atoms with E-state index in [-0.39, 0.29) is 30.2 Å². The standard InChI is InChI=1S/C26H25N3O5/c1-34-24-13-16(6-9-23(24)31)15-4-7-19-21(11-15)27-20-8-5-17(12-22(20)28-25(19)32)26(33)29-10-2-3-18(29)14-30/h4-9,11-13,18,27,30-31H,2-3,10,14H2,1H3,(H,28,32)/t18-/m0/s1. The van der Waals surface area contributed by atoms with Gasteiger partial charge in [0.05, 0.1) is 42.4 Å². The van der Waals surface area contributed by atoms with Gasteiger partial charge in [-0.3, -0.25) is 9.59 Å². The van der Waals surface area contributed by atoms with Gasteiger partial charge in [0.25, 0.3) is 11.8 Å². The van der Waals surface area contributed by atoms with E-state index >= 15 is 0 Å². The van der Waals surface area contributed by atoms with Gasteiger partial charge in [0.15, 0.2) is 11.5 Å². The molecule has 0 saturated carbocycles. The van der Waals surface area contributed by atoms with Crippen LogP contribution in [0.25, 0.3) is 11.1 Å². The van der Waals surface area contributed by atoms with Crippen LogP contribution >= 0.6 is 0 Å². The average Bonchev–Trinajstić information content (AvgIpc) is 3.28. The van der Waals surface area contributed by atoms with Gasteiger partial charge in [-0.05, 0) is 66.4 Å². The molecule has 2 aliphatic rings. The summed E-state index contributed by atoms with van der Waals surface area (Å²) in [5.41, 5.74) is 4.41. The molecule has 1 saturated heterocycles. The Kier molecular flexibility index (Phi) is 5.59. The van der Waals surface area contributed by atoms with Crippen LogP contribution in [0.5, 0.6) is 11.5 Å². The Hall–Kier alpha value is -4.04. The fourth-order valence-corrected chi connectivity index (χ4v) is 4.57. The van der Waals surface area contributed by atoms with Crippen molar-refractivity contribution in [3.05, 3.63) is 65.7 Å². The zero-order valence-electron chi connectivity index (χ0n) is 18.7. The minimum Gasteiger partial charge on any atom is -0.504 e. The van der Waals surface area contributed by atoms with Crippen LogP contribution in [-0.2, 0) is 0 Å². The minimum atomic E-state index is -0.282. The second-order valence-corrected chi connectivity index (χ2v) is 8.46. The molecular weight excluding hydrogens is 434 g/mol. The quantitative estimate of drug-likeness (QED) is 0.470. The average molecular weight is 460 g/mol. The number of phenolic OH excluding ortho intramolecular Hbond substituents is 1. The van der Waals surface area contributed by atoms with E-state index in [4.69, 9.17) is 4.74 Å². The lowest BCUT2D eigenvalue weighted by Gasteiger charge is -2.23. The molecular formula is C26H25N3O5. The van der Waals surface area contributed by atoms with Crippen molar-refractivity contribution in [3.63, 3.8) is 0 Å². The van der Waals surface area contributed by atoms with Gasteiger partial charge >= 0.3 is 0 Å². The molecule has 8 heteroatoms. The largest absolute Gasteiger partial charge is 0.504 e. The highest BCUT2D eigenvalue weighted by atomic mass is 16.5. The predicted octanol–water partition coefficient (Wildman–Crippen LogP) is 3.97. The number of aliphatic hydroxyl groups excluding tert-OH is 1. The maximum atomic E-state index is 13.0. The number of aliphatic hydroxyl groups is 1. The number of rotatable bonds is 4. The number of methoxy groups -OCH3 is 1. The molecule has 0 aromatic heterocycles. The molecule has 4 N–H and O–H groups in total. The third kappa shape index (κ3) is 3.82. The van der Waals surface area contributed by atoms with Gasteiger partial charge in [0, 0.05) is 12.1 Å². The molecule has 0 spiro atoms. The van der Waals surface area contributed by atoms with Gasteiger partial charge in [-0.1, -0.05) is 12.1 Å². The number of hydrogen-bond donors (Lipinski definition) is 4. The van der Waals surface area contributed by atoms with E-state index in [2.05, 4.69) is 10.6 Å². The number of benzene rings is 3. The van der Waals surface area contributed by atoms with Crippen molar-refractivity contribution in [1.82, 2.24) is 4.90 Å². The molecule has 2 amide bonds. The van der Waals surface area contributed by atoms with Gasteiger partial charge in [-0.2, -0.15) is 0 Å². The van der Waals surface area contributed by atoms with Crippen molar-refractivity contribution >= 4 is 28.9 Å². The number of likely N-dealkylation sites (tertiary alicyclic amines) is 1. The Bertz CT molecular complexity index is 1290. The molecule has 0 aliphatic carbocycles. The number of aromatic hydroxyl groups is 1. The number of nitrogens with zero attached hydrogens (tertiary/aromatic N) is 1. The molecule has 1 atom stereocenters. The van der Waals surface area contributed by atoms with Crippen molar-refractivity contribution in [3.8, 4) is 22.6 Å². The highest BCUT2D eigenvalue weighted by Gasteiger charge is 2.29. The molecule has 0 unspecified atom stereocenters. The summed E-state index contributed by atoms with van der Waals surface area (Å²) in [4.78, 5) is 27.7. The number of carbonyl (C=O) groups is 2. The Morgan fingerprint density at radius 3 is 2.62 bits per heavy atom. The van der Waals surface area contributed by atoms with E-state index in [1.165, 1.54) is 7.11 Å². The first kappa shape index (κ1) is 21.8. The fraction of sp³-hybridized carbons (Fsp3) is 0.231. The first-order valence-corrected chi connectivity index (χ1v) is 11.1. The predicted molar refractivity (Wildman–Crippen MR) is 129 cm³/mol. The van der Waals surface area contributed by atoms with Crippen LogP contribution in [-0.4, -0.2) is 53.2 Å². The molecule has 5 rings (SSSR count). The summed E-state index contributed by atoms with van der Waals surface area (Å²) in [7, 11) is 1.49. The molecule has 0 bridgehead atoms. The smallest absolute Gasteiger partial charge is 0.257 e. The second kappa shape index (κ2) is 8.72. The molecule has 0 radical (unpaired) electrons. The van der Waals surface area contributed by atoms with Crippen LogP contribution in [0.2, 0.25) is 0 Å². The maximum absolute atomic E-state index is 13.0. The number of nitrogens with one attached hydrogen (secondary N) is 2. The van der Waals surface area contributed by atoms with Gasteiger partial charge < -0.3 is 30.5 Å². The number of phenols is 1. The van der Waals surface area contributed by atoms with E-state index < -0.39 is 0 Å². The van der Waals surface area contributed by atoms with Crippen LogP contribution in [0.3, 0.4) is 0 Å². The fourth-order valence-electron chi connectivity index (χ4n) is 4.57. The third-order valence-corrected chi connectivity index (χ3v) is 6.41. The molecule has 34 heavy (non-hydrogen) atoms. The molecule has 2 heterocycles. The van der Waals surface area contributed by atoms with E-state index in [0.717, 1.165) is 24.0 Å². The number of ether oxygens (including phenoxy) is 1. The summed E-state index contributed by atoms with van der Waals surface area (Å²) >= 11 is 0. The van der Waals surface area contributed by atoms with Crippen LogP contribution in [0.4, 0.5) is 17.1 Å². The lowest BCUT2D eigenvalue weighted by molar-refractivity contribution is 0.0677. The van der Waals surface area contributed by atoms with E-state index in [0.29, 0.717) is 40.5 Å². The Morgan fingerprint density at radius 1 is 1.03 bits per heavy atom. The zero-order chi connectivity index (χ0) is 23.8. The van der Waals surface area contributed by atoms with Crippen LogP contribution in [0, 0.1) is 0 Å². The normalized spacial score (nSPS) is 16.7. The third-order valence-electron chi connectivity index (χ3n) is 6.41. The van der Waals surface area contributed by atoms with E-state index in [1.54, 1.807) is 47.4 Å². The molecule has 8 nitrogen and oxygen atoms in total. The molecule has 3 aromatic rings. The maximum Gasteiger partial charge on any atom is 0.257 e. The Balaban J connectivity index is 1.47. The van der Waals surface area contributed by atoms with Crippen LogP contribution in [0.15, 0.2) is 54.6 Å². The van der Waals surface area contributed by atoms with E-state index in [1.807, 2.05) is 12.1 Å². The summed E-state index contributed by atoms with van der Waals surface area (Å²) in [5, 5.41) is 25.7. The van der Waals surface area contributed by atoms with Crippen LogP contribution in [0.1, 0.15) is 33.6 Å². The van der Waals surface area contributed by atoms with Gasteiger partial charge in [0.2, 0.25) is 0 Å². The molecule has 3 aromatic carbocycles. The summed E-state index contributed by atoms with van der Waals surface area (Å²) in [6.07, 6.45) is 1.65. The molecule has 174 valence electrons. The summed E-state index contributed by atoms with van der Waals surface area (Å²) in [6.45, 7) is 0.557. The zero-order valence-corrected chi connectivity index (χ0v) is 18.7. The number of hydrogen-bond acceptors (Lipinski definition) is 6. The van der Waals surface area contributed by atoms with Gasteiger partial charge in [-0.15, -0.1) is 0 Å². The first-order chi connectivity index (χ1) is 16.5. The number of carbonyl (C=O) groups excluding carboxylic acids is 2. The minimum absolute atomic E-state index is 0.0528. The SMILES string of the molecule is COc1cc(-c2ccc3c(c2)Nc2ccc(C(=O)N4CCC[C@H]4CO)cc2NC3=O)ccc1O. The molecule has 2 aliphatic heterocycles.